The molecule has 0 aliphatic carbocycles. The fraction of sp³-hybridized carbons (Fsp3) is 0.636. The number of hydrogen-bond acceptors (Lipinski definition) is 3. The van der Waals surface area contributed by atoms with Crippen molar-refractivity contribution in [1.82, 2.24) is 5.32 Å². The summed E-state index contributed by atoms with van der Waals surface area (Å²) in [6, 6.07) is 1.99. The fourth-order valence-corrected chi connectivity index (χ4v) is 2.51. The highest BCUT2D eigenvalue weighted by Gasteiger charge is 2.04. The van der Waals surface area contributed by atoms with Crippen LogP contribution >= 0.6 is 43.6 Å². The van der Waals surface area contributed by atoms with Gasteiger partial charge in [0.05, 0.1) is 11.0 Å². The molecule has 0 aromatic carbocycles. The second-order valence-corrected chi connectivity index (χ2v) is 6.12. The molecule has 0 saturated heterocycles. The van der Waals surface area contributed by atoms with E-state index in [0.717, 1.165) is 28.0 Å². The molecule has 1 aromatic heterocycles. The molecule has 1 heterocycles. The van der Waals surface area contributed by atoms with Crippen LogP contribution in [-0.4, -0.2) is 18.6 Å². The molecule has 1 aromatic rings. The summed E-state index contributed by atoms with van der Waals surface area (Å²) in [5.74, 6) is 2.24. The Morgan fingerprint density at radius 3 is 2.75 bits per heavy atom. The lowest BCUT2D eigenvalue weighted by Crippen LogP contribution is -2.14. The highest BCUT2D eigenvalue weighted by molar-refractivity contribution is 9.13. The Hall–Kier alpha value is 0.550. The van der Waals surface area contributed by atoms with E-state index in [4.69, 9.17) is 4.42 Å². The van der Waals surface area contributed by atoms with Crippen LogP contribution < -0.4 is 5.32 Å². The molecule has 0 spiro atoms. The molecular formula is C11H17Br2NOS. The van der Waals surface area contributed by atoms with Gasteiger partial charge in [-0.2, -0.15) is 11.8 Å². The molecule has 0 unspecified atom stereocenters. The lowest BCUT2D eigenvalue weighted by molar-refractivity contribution is 0.461. The third-order valence-corrected chi connectivity index (χ3v) is 4.60. The topological polar surface area (TPSA) is 25.2 Å². The summed E-state index contributed by atoms with van der Waals surface area (Å²) < 4.78 is 7.21. The number of halogens is 2. The Kier molecular flexibility index (Phi) is 7.87. The molecule has 2 nitrogen and oxygen atoms in total. The number of furan rings is 1. The highest BCUT2D eigenvalue weighted by Crippen LogP contribution is 2.26. The van der Waals surface area contributed by atoms with Gasteiger partial charge in [0, 0.05) is 0 Å². The third-order valence-electron chi connectivity index (χ3n) is 2.20. The van der Waals surface area contributed by atoms with Crippen molar-refractivity contribution in [2.24, 2.45) is 0 Å². The minimum absolute atomic E-state index is 0.768. The number of rotatable bonds is 8. The zero-order chi connectivity index (χ0) is 11.8. The van der Waals surface area contributed by atoms with Crippen LogP contribution in [0.25, 0.3) is 0 Å². The zero-order valence-electron chi connectivity index (χ0n) is 9.39. The SMILES string of the molecule is CSCCCCCNCc1cc(Br)c(Br)o1. The smallest absolute Gasteiger partial charge is 0.183 e. The summed E-state index contributed by atoms with van der Waals surface area (Å²) in [6.07, 6.45) is 6.02. The Bertz CT molecular complexity index is 285. The van der Waals surface area contributed by atoms with Crippen molar-refractivity contribution in [3.05, 3.63) is 21.0 Å². The number of thioether (sulfide) groups is 1. The predicted octanol–water partition coefficient (Wildman–Crippen LogP) is 4.43. The van der Waals surface area contributed by atoms with Crippen molar-refractivity contribution in [3.8, 4) is 0 Å². The number of hydrogen-bond donors (Lipinski definition) is 1. The van der Waals surface area contributed by atoms with Gasteiger partial charge in [0.1, 0.15) is 5.76 Å². The average molecular weight is 371 g/mol. The Morgan fingerprint density at radius 1 is 1.31 bits per heavy atom. The van der Waals surface area contributed by atoms with Crippen molar-refractivity contribution in [3.63, 3.8) is 0 Å². The van der Waals surface area contributed by atoms with E-state index in [2.05, 4.69) is 43.4 Å². The van der Waals surface area contributed by atoms with E-state index in [0.29, 0.717) is 0 Å². The van der Waals surface area contributed by atoms with Gasteiger partial charge in [0.25, 0.3) is 0 Å². The van der Waals surface area contributed by atoms with Gasteiger partial charge in [0.15, 0.2) is 4.67 Å². The van der Waals surface area contributed by atoms with Gasteiger partial charge >= 0.3 is 0 Å². The third kappa shape index (κ3) is 5.75. The Morgan fingerprint density at radius 2 is 2.12 bits per heavy atom. The maximum atomic E-state index is 5.46. The van der Waals surface area contributed by atoms with Crippen LogP contribution in [0.2, 0.25) is 0 Å². The molecule has 1 rings (SSSR count). The second-order valence-electron chi connectivity index (χ2n) is 3.56. The quantitative estimate of drug-likeness (QED) is 0.685. The molecule has 16 heavy (non-hydrogen) atoms. The molecule has 0 amide bonds. The predicted molar refractivity (Wildman–Crippen MR) is 78.0 cm³/mol. The second kappa shape index (κ2) is 8.61. The molecule has 0 aliphatic rings. The van der Waals surface area contributed by atoms with E-state index in [-0.39, 0.29) is 0 Å². The first-order chi connectivity index (χ1) is 7.74. The molecule has 0 atom stereocenters. The van der Waals surface area contributed by atoms with Crippen molar-refractivity contribution < 1.29 is 4.42 Å². The first-order valence-electron chi connectivity index (χ1n) is 5.37. The van der Waals surface area contributed by atoms with E-state index < -0.39 is 0 Å². The molecule has 0 saturated carbocycles. The van der Waals surface area contributed by atoms with Crippen LogP contribution in [-0.2, 0) is 6.54 Å². The summed E-state index contributed by atoms with van der Waals surface area (Å²) in [4.78, 5) is 0. The first-order valence-corrected chi connectivity index (χ1v) is 8.35. The molecule has 0 radical (unpaired) electrons. The van der Waals surface area contributed by atoms with Crippen molar-refractivity contribution >= 4 is 43.6 Å². The number of nitrogens with one attached hydrogen (secondary N) is 1. The van der Waals surface area contributed by atoms with E-state index in [1.54, 1.807) is 0 Å². The summed E-state index contributed by atoms with van der Waals surface area (Å²) in [5, 5.41) is 3.38. The minimum atomic E-state index is 0.768. The summed E-state index contributed by atoms with van der Waals surface area (Å²) >= 11 is 8.64. The van der Waals surface area contributed by atoms with Gasteiger partial charge in [0.2, 0.25) is 0 Å². The van der Waals surface area contributed by atoms with Crippen LogP contribution in [0.15, 0.2) is 19.6 Å². The molecule has 0 fully saturated rings. The van der Waals surface area contributed by atoms with Gasteiger partial charge in [-0.15, -0.1) is 0 Å². The molecule has 1 N–H and O–H groups in total. The van der Waals surface area contributed by atoms with Gasteiger partial charge in [-0.05, 0) is 69.3 Å². The molecular weight excluding hydrogens is 354 g/mol. The van der Waals surface area contributed by atoms with Gasteiger partial charge < -0.3 is 9.73 Å². The molecule has 92 valence electrons. The van der Waals surface area contributed by atoms with Crippen molar-refractivity contribution in [1.29, 1.82) is 0 Å². The fourth-order valence-electron chi connectivity index (χ4n) is 1.36. The monoisotopic (exact) mass is 369 g/mol. The van der Waals surface area contributed by atoms with E-state index in [1.165, 1.54) is 25.0 Å². The normalized spacial score (nSPS) is 10.9. The van der Waals surface area contributed by atoms with Crippen molar-refractivity contribution in [2.45, 2.75) is 25.8 Å². The number of unbranched alkanes of at least 4 members (excludes halogenated alkanes) is 2. The van der Waals surface area contributed by atoms with E-state index in [9.17, 15) is 0 Å². The van der Waals surface area contributed by atoms with Gasteiger partial charge in [-0.1, -0.05) is 6.42 Å². The molecule has 0 bridgehead atoms. The maximum absolute atomic E-state index is 5.46. The summed E-state index contributed by atoms with van der Waals surface area (Å²) in [5.41, 5.74) is 0. The lowest BCUT2D eigenvalue weighted by Gasteiger charge is -2.02. The molecule has 5 heteroatoms. The van der Waals surface area contributed by atoms with Crippen LogP contribution in [0, 0.1) is 0 Å². The first kappa shape index (κ1) is 14.6. The summed E-state index contributed by atoms with van der Waals surface area (Å²) in [6.45, 7) is 1.86. The minimum Gasteiger partial charge on any atom is -0.452 e. The average Bonchev–Trinajstić information content (AvgIpc) is 2.57. The molecule has 0 aliphatic heterocycles. The largest absolute Gasteiger partial charge is 0.452 e. The summed E-state index contributed by atoms with van der Waals surface area (Å²) in [7, 11) is 0. The highest BCUT2D eigenvalue weighted by atomic mass is 79.9. The maximum Gasteiger partial charge on any atom is 0.183 e. The van der Waals surface area contributed by atoms with Gasteiger partial charge in [-0.25, -0.2) is 0 Å². The van der Waals surface area contributed by atoms with Crippen LogP contribution in [0.5, 0.6) is 0 Å². The van der Waals surface area contributed by atoms with Crippen molar-refractivity contribution in [2.75, 3.05) is 18.6 Å². The van der Waals surface area contributed by atoms with Gasteiger partial charge in [-0.3, -0.25) is 0 Å². The van der Waals surface area contributed by atoms with Crippen LogP contribution in [0.1, 0.15) is 25.0 Å². The standard InChI is InChI=1S/C11H17Br2NOS/c1-16-6-4-2-3-5-14-8-9-7-10(12)11(13)15-9/h7,14H,2-6,8H2,1H3. The lowest BCUT2D eigenvalue weighted by atomic mass is 10.2. The van der Waals surface area contributed by atoms with Crippen LogP contribution in [0.4, 0.5) is 0 Å². The van der Waals surface area contributed by atoms with Crippen LogP contribution in [0.3, 0.4) is 0 Å². The van der Waals surface area contributed by atoms with E-state index in [1.807, 2.05) is 17.8 Å². The Labute approximate surface area is 118 Å². The Balaban J connectivity index is 2.03. The zero-order valence-corrected chi connectivity index (χ0v) is 13.4. The van der Waals surface area contributed by atoms with E-state index >= 15 is 0 Å².